The van der Waals surface area contributed by atoms with Gasteiger partial charge in [-0.15, -0.1) is 0 Å². The minimum atomic E-state index is -1.67. The SMILES string of the molecule is CCOC(=O)CC(C)N=CC#CCCO[Si](C)(C)C(C)(C)C. The molecule has 5 heteroatoms. The van der Waals surface area contributed by atoms with Crippen molar-refractivity contribution in [1.29, 1.82) is 0 Å². The lowest BCUT2D eigenvalue weighted by Gasteiger charge is -2.35. The van der Waals surface area contributed by atoms with Gasteiger partial charge in [0.15, 0.2) is 8.32 Å². The topological polar surface area (TPSA) is 47.9 Å². The summed E-state index contributed by atoms with van der Waals surface area (Å²) in [6.07, 6.45) is 2.56. The Labute approximate surface area is 136 Å². The summed E-state index contributed by atoms with van der Waals surface area (Å²) in [6, 6.07) is -0.100. The Morgan fingerprint density at radius 1 is 1.36 bits per heavy atom. The second-order valence-corrected chi connectivity index (χ2v) is 11.6. The quantitative estimate of drug-likeness (QED) is 0.235. The van der Waals surface area contributed by atoms with E-state index in [4.69, 9.17) is 9.16 Å². The van der Waals surface area contributed by atoms with Gasteiger partial charge in [-0.25, -0.2) is 0 Å². The minimum Gasteiger partial charge on any atom is -0.466 e. The standard InChI is InChI=1S/C17H31NO3Si/c1-8-20-16(19)14-15(2)18-12-10-9-11-13-21-22(6,7)17(3,4)5/h12,15H,8,11,13-14H2,1-7H3. The van der Waals surface area contributed by atoms with Gasteiger partial charge in [0.2, 0.25) is 0 Å². The van der Waals surface area contributed by atoms with Crippen molar-refractivity contribution in [2.45, 2.75) is 71.6 Å². The van der Waals surface area contributed by atoms with Crippen LogP contribution in [0.2, 0.25) is 18.1 Å². The molecule has 0 spiro atoms. The van der Waals surface area contributed by atoms with E-state index in [1.807, 2.05) is 6.92 Å². The fourth-order valence-electron chi connectivity index (χ4n) is 1.37. The molecule has 0 rings (SSSR count). The third kappa shape index (κ3) is 9.01. The van der Waals surface area contributed by atoms with Crippen LogP contribution >= 0.6 is 0 Å². The van der Waals surface area contributed by atoms with Crippen LogP contribution in [0.25, 0.3) is 0 Å². The lowest BCUT2D eigenvalue weighted by atomic mass is 10.2. The molecule has 0 radical (unpaired) electrons. The third-order valence-corrected chi connectivity index (χ3v) is 8.30. The molecule has 0 aliphatic heterocycles. The Balaban J connectivity index is 4.03. The second kappa shape index (κ2) is 9.81. The van der Waals surface area contributed by atoms with Gasteiger partial charge in [-0.1, -0.05) is 32.6 Å². The summed E-state index contributed by atoms with van der Waals surface area (Å²) in [6.45, 7) is 15.9. The van der Waals surface area contributed by atoms with Crippen LogP contribution in [0.3, 0.4) is 0 Å². The molecule has 0 N–H and O–H groups in total. The molecule has 0 saturated carbocycles. The molecule has 0 aliphatic carbocycles. The van der Waals surface area contributed by atoms with Crippen LogP contribution in [0.1, 0.15) is 47.5 Å². The second-order valence-electron chi connectivity index (χ2n) is 6.82. The van der Waals surface area contributed by atoms with Crippen molar-refractivity contribution in [3.8, 4) is 11.8 Å². The molecule has 1 atom stereocenters. The number of carbonyl (C=O) groups excluding carboxylic acids is 1. The highest BCUT2D eigenvalue weighted by molar-refractivity contribution is 6.74. The van der Waals surface area contributed by atoms with Crippen LogP contribution in [-0.2, 0) is 14.0 Å². The van der Waals surface area contributed by atoms with E-state index in [2.05, 4.69) is 50.7 Å². The highest BCUT2D eigenvalue weighted by Gasteiger charge is 2.36. The third-order valence-electron chi connectivity index (χ3n) is 3.76. The van der Waals surface area contributed by atoms with E-state index in [1.165, 1.54) is 0 Å². The van der Waals surface area contributed by atoms with Crippen molar-refractivity contribution >= 4 is 20.5 Å². The molecular weight excluding hydrogens is 294 g/mol. The average molecular weight is 326 g/mol. The molecule has 0 aromatic rings. The van der Waals surface area contributed by atoms with Crippen LogP contribution in [-0.4, -0.2) is 39.8 Å². The Morgan fingerprint density at radius 2 is 2.00 bits per heavy atom. The lowest BCUT2D eigenvalue weighted by molar-refractivity contribution is -0.143. The molecule has 0 aromatic heterocycles. The lowest BCUT2D eigenvalue weighted by Crippen LogP contribution is -2.40. The molecule has 0 saturated heterocycles. The van der Waals surface area contributed by atoms with Crippen LogP contribution in [0.4, 0.5) is 0 Å². The number of esters is 1. The first-order valence-electron chi connectivity index (χ1n) is 7.89. The average Bonchev–Trinajstić information content (AvgIpc) is 2.36. The number of nitrogens with zero attached hydrogens (tertiary/aromatic N) is 1. The van der Waals surface area contributed by atoms with Gasteiger partial charge in [0.05, 0.1) is 25.3 Å². The highest BCUT2D eigenvalue weighted by Crippen LogP contribution is 2.36. The van der Waals surface area contributed by atoms with Crippen molar-refractivity contribution in [3.05, 3.63) is 0 Å². The summed E-state index contributed by atoms with van der Waals surface area (Å²) in [5.74, 6) is 5.69. The molecule has 4 nitrogen and oxygen atoms in total. The van der Waals surface area contributed by atoms with Gasteiger partial charge in [-0.3, -0.25) is 9.79 Å². The number of ether oxygens (including phenoxy) is 1. The molecular formula is C17H31NO3Si. The van der Waals surface area contributed by atoms with Crippen molar-refractivity contribution in [2.24, 2.45) is 4.99 Å². The fraction of sp³-hybridized carbons (Fsp3) is 0.765. The van der Waals surface area contributed by atoms with E-state index < -0.39 is 8.32 Å². The first kappa shape index (κ1) is 20.9. The van der Waals surface area contributed by atoms with Crippen molar-refractivity contribution < 1.29 is 14.0 Å². The number of rotatable bonds is 7. The summed E-state index contributed by atoms with van der Waals surface area (Å²) >= 11 is 0. The highest BCUT2D eigenvalue weighted by atomic mass is 28.4. The van der Waals surface area contributed by atoms with Crippen molar-refractivity contribution in [1.82, 2.24) is 0 Å². The van der Waals surface area contributed by atoms with Crippen molar-refractivity contribution in [3.63, 3.8) is 0 Å². The smallest absolute Gasteiger partial charge is 0.307 e. The molecule has 1 unspecified atom stereocenters. The molecule has 0 aliphatic rings. The van der Waals surface area contributed by atoms with Gasteiger partial charge in [-0.05, 0) is 32.0 Å². The monoisotopic (exact) mass is 325 g/mol. The molecule has 0 fully saturated rings. The van der Waals surface area contributed by atoms with Gasteiger partial charge in [-0.2, -0.15) is 0 Å². The van der Waals surface area contributed by atoms with E-state index in [-0.39, 0.29) is 17.0 Å². The van der Waals surface area contributed by atoms with Crippen LogP contribution in [0, 0.1) is 11.8 Å². The maximum atomic E-state index is 11.3. The molecule has 0 bridgehead atoms. The van der Waals surface area contributed by atoms with Gasteiger partial charge in [0, 0.05) is 13.0 Å². The molecule has 0 aromatic carbocycles. The van der Waals surface area contributed by atoms with Gasteiger partial charge < -0.3 is 9.16 Å². The first-order chi connectivity index (χ1) is 10.1. The zero-order valence-corrected chi connectivity index (χ0v) is 16.2. The Hall–Kier alpha value is -1.12. The largest absolute Gasteiger partial charge is 0.466 e. The van der Waals surface area contributed by atoms with E-state index in [1.54, 1.807) is 13.1 Å². The van der Waals surface area contributed by atoms with Crippen LogP contribution < -0.4 is 0 Å². The number of carbonyl (C=O) groups is 1. The molecule has 0 amide bonds. The van der Waals surface area contributed by atoms with Gasteiger partial charge in [0.25, 0.3) is 0 Å². The Morgan fingerprint density at radius 3 is 2.55 bits per heavy atom. The predicted octanol–water partition coefficient (Wildman–Crippen LogP) is 3.81. The summed E-state index contributed by atoms with van der Waals surface area (Å²) in [5, 5.41) is 0.227. The maximum Gasteiger partial charge on any atom is 0.307 e. The molecule has 0 heterocycles. The maximum absolute atomic E-state index is 11.3. The predicted molar refractivity (Wildman–Crippen MR) is 94.7 cm³/mol. The summed E-state index contributed by atoms with van der Waals surface area (Å²) < 4.78 is 10.9. The zero-order valence-electron chi connectivity index (χ0n) is 15.2. The molecule has 22 heavy (non-hydrogen) atoms. The van der Waals surface area contributed by atoms with Gasteiger partial charge in [0.1, 0.15) is 0 Å². The van der Waals surface area contributed by atoms with E-state index >= 15 is 0 Å². The number of aliphatic imine (C=N–C) groups is 1. The Kier molecular flexibility index (Phi) is 9.30. The van der Waals surface area contributed by atoms with Crippen molar-refractivity contribution in [2.75, 3.05) is 13.2 Å². The minimum absolute atomic E-state index is 0.100. The van der Waals surface area contributed by atoms with Crippen LogP contribution in [0.15, 0.2) is 4.99 Å². The first-order valence-corrected chi connectivity index (χ1v) is 10.8. The summed E-state index contributed by atoms with van der Waals surface area (Å²) in [4.78, 5) is 15.5. The van der Waals surface area contributed by atoms with E-state index in [9.17, 15) is 4.79 Å². The zero-order chi connectivity index (χ0) is 17.2. The number of hydrogen-bond donors (Lipinski definition) is 0. The van der Waals surface area contributed by atoms with Gasteiger partial charge >= 0.3 is 5.97 Å². The van der Waals surface area contributed by atoms with E-state index in [0.717, 1.165) is 0 Å². The summed E-state index contributed by atoms with van der Waals surface area (Å²) in [7, 11) is -1.67. The fourth-order valence-corrected chi connectivity index (χ4v) is 2.42. The number of hydrogen-bond acceptors (Lipinski definition) is 4. The van der Waals surface area contributed by atoms with Crippen LogP contribution in [0.5, 0.6) is 0 Å². The summed E-state index contributed by atoms with van der Waals surface area (Å²) in [5.41, 5.74) is 0. The Bertz CT molecular complexity index is 427. The van der Waals surface area contributed by atoms with E-state index in [0.29, 0.717) is 26.1 Å². The normalized spacial score (nSPS) is 13.6. The molecule has 126 valence electrons.